The van der Waals surface area contributed by atoms with Crippen molar-refractivity contribution < 1.29 is 5.21 Å². The van der Waals surface area contributed by atoms with Crippen LogP contribution in [0.25, 0.3) is 0 Å². The van der Waals surface area contributed by atoms with Crippen molar-refractivity contribution in [3.05, 3.63) is 28.7 Å². The van der Waals surface area contributed by atoms with E-state index in [0.29, 0.717) is 13.0 Å². The van der Waals surface area contributed by atoms with E-state index in [1.165, 1.54) is 0 Å². The lowest BCUT2D eigenvalue weighted by Gasteiger charge is -2.04. The van der Waals surface area contributed by atoms with Gasteiger partial charge >= 0.3 is 0 Å². The number of anilines is 1. The smallest absolute Gasteiger partial charge is 0.140 e. The minimum atomic E-state index is 0.231. The summed E-state index contributed by atoms with van der Waals surface area (Å²) < 4.78 is 1.04. The monoisotopic (exact) mass is 257 g/mol. The van der Waals surface area contributed by atoms with Gasteiger partial charge < -0.3 is 16.3 Å². The predicted molar refractivity (Wildman–Crippen MR) is 60.7 cm³/mol. The first-order chi connectivity index (χ1) is 6.72. The van der Waals surface area contributed by atoms with Gasteiger partial charge in [0, 0.05) is 23.1 Å². The lowest BCUT2D eigenvalue weighted by Crippen LogP contribution is -2.16. The molecule has 0 aromatic heterocycles. The highest BCUT2D eigenvalue weighted by Gasteiger charge is 1.94. The number of benzene rings is 1. The van der Waals surface area contributed by atoms with Gasteiger partial charge in [0.2, 0.25) is 0 Å². The average Bonchev–Trinajstić information content (AvgIpc) is 2.21. The Morgan fingerprint density at radius 2 is 2.07 bits per heavy atom. The van der Waals surface area contributed by atoms with Crippen LogP contribution in [0.3, 0.4) is 0 Å². The van der Waals surface area contributed by atoms with Crippen LogP contribution in [0.15, 0.2) is 33.9 Å². The summed E-state index contributed by atoms with van der Waals surface area (Å²) in [6, 6.07) is 7.81. The summed E-state index contributed by atoms with van der Waals surface area (Å²) >= 11 is 3.35. The number of oxime groups is 1. The fourth-order valence-electron chi connectivity index (χ4n) is 0.953. The second-order valence-corrected chi connectivity index (χ2v) is 3.69. The van der Waals surface area contributed by atoms with Crippen LogP contribution < -0.4 is 11.1 Å². The van der Waals surface area contributed by atoms with Crippen molar-refractivity contribution in [2.24, 2.45) is 10.9 Å². The molecule has 76 valence electrons. The number of nitrogens with one attached hydrogen (secondary N) is 1. The Kier molecular flexibility index (Phi) is 4.25. The minimum absolute atomic E-state index is 0.231. The molecule has 4 nitrogen and oxygen atoms in total. The first-order valence-corrected chi connectivity index (χ1v) is 4.97. The molecule has 0 unspecified atom stereocenters. The van der Waals surface area contributed by atoms with Crippen LogP contribution in [-0.4, -0.2) is 17.6 Å². The zero-order chi connectivity index (χ0) is 10.4. The maximum absolute atomic E-state index is 8.30. The molecule has 14 heavy (non-hydrogen) atoms. The third-order valence-electron chi connectivity index (χ3n) is 1.68. The molecule has 0 radical (unpaired) electrons. The number of hydrogen-bond donors (Lipinski definition) is 3. The van der Waals surface area contributed by atoms with Crippen LogP contribution in [0.4, 0.5) is 5.69 Å². The summed E-state index contributed by atoms with van der Waals surface area (Å²) in [5.74, 6) is 0.231. The Morgan fingerprint density at radius 1 is 1.43 bits per heavy atom. The maximum atomic E-state index is 8.30. The van der Waals surface area contributed by atoms with Gasteiger partial charge in [0.05, 0.1) is 0 Å². The van der Waals surface area contributed by atoms with E-state index in [1.54, 1.807) is 0 Å². The summed E-state index contributed by atoms with van der Waals surface area (Å²) in [5.41, 5.74) is 6.33. The van der Waals surface area contributed by atoms with Crippen molar-refractivity contribution in [1.82, 2.24) is 0 Å². The van der Waals surface area contributed by atoms with E-state index in [9.17, 15) is 0 Å². The van der Waals surface area contributed by atoms with Crippen molar-refractivity contribution in [2.45, 2.75) is 6.42 Å². The van der Waals surface area contributed by atoms with E-state index >= 15 is 0 Å². The molecule has 0 bridgehead atoms. The van der Waals surface area contributed by atoms with E-state index < -0.39 is 0 Å². The quantitative estimate of drug-likeness (QED) is 0.335. The average molecular weight is 258 g/mol. The van der Waals surface area contributed by atoms with Gasteiger partial charge in [-0.25, -0.2) is 0 Å². The van der Waals surface area contributed by atoms with E-state index in [4.69, 9.17) is 10.9 Å². The van der Waals surface area contributed by atoms with Gasteiger partial charge in [-0.3, -0.25) is 0 Å². The number of nitrogens with two attached hydrogens (primary N) is 1. The van der Waals surface area contributed by atoms with Crippen LogP contribution in [0.1, 0.15) is 6.42 Å². The molecule has 5 heteroatoms. The molecule has 0 atom stereocenters. The topological polar surface area (TPSA) is 70.6 Å². The van der Waals surface area contributed by atoms with Gasteiger partial charge in [0.1, 0.15) is 5.84 Å². The summed E-state index contributed by atoms with van der Waals surface area (Å²) in [5, 5.41) is 14.3. The van der Waals surface area contributed by atoms with Crippen LogP contribution in [0.5, 0.6) is 0 Å². The molecule has 4 N–H and O–H groups in total. The van der Waals surface area contributed by atoms with Crippen molar-refractivity contribution in [3.8, 4) is 0 Å². The molecule has 1 rings (SSSR count). The molecule has 0 saturated carbocycles. The Balaban J connectivity index is 2.35. The predicted octanol–water partition coefficient (Wildman–Crippen LogP) is 2.00. The molecule has 0 aliphatic heterocycles. The van der Waals surface area contributed by atoms with Gasteiger partial charge in [-0.05, 0) is 24.3 Å². The molecule has 1 aromatic rings. The second-order valence-electron chi connectivity index (χ2n) is 2.78. The summed E-state index contributed by atoms with van der Waals surface area (Å²) in [4.78, 5) is 0. The lowest BCUT2D eigenvalue weighted by atomic mass is 10.3. The molecule has 0 saturated heterocycles. The molecular formula is C9H12BrN3O. The van der Waals surface area contributed by atoms with Gasteiger partial charge in [0.25, 0.3) is 0 Å². The highest BCUT2D eigenvalue weighted by Crippen LogP contribution is 2.13. The van der Waals surface area contributed by atoms with E-state index in [0.717, 1.165) is 10.2 Å². The summed E-state index contributed by atoms with van der Waals surface area (Å²) in [6.07, 6.45) is 0.520. The lowest BCUT2D eigenvalue weighted by molar-refractivity contribution is 0.317. The number of amidine groups is 1. The van der Waals surface area contributed by atoms with Gasteiger partial charge in [-0.2, -0.15) is 0 Å². The zero-order valence-electron chi connectivity index (χ0n) is 7.57. The largest absolute Gasteiger partial charge is 0.409 e. The SMILES string of the molecule is NC(CCNc1ccc(Br)cc1)=NO. The number of rotatable bonds is 4. The number of nitrogens with zero attached hydrogens (tertiary/aromatic N) is 1. The third kappa shape index (κ3) is 3.66. The molecule has 0 spiro atoms. The number of halogens is 1. The first kappa shape index (κ1) is 10.8. The molecular weight excluding hydrogens is 246 g/mol. The third-order valence-corrected chi connectivity index (χ3v) is 2.21. The van der Waals surface area contributed by atoms with E-state index in [2.05, 4.69) is 26.4 Å². The number of hydrogen-bond acceptors (Lipinski definition) is 3. The fraction of sp³-hybridized carbons (Fsp3) is 0.222. The normalized spacial score (nSPS) is 11.4. The van der Waals surface area contributed by atoms with Gasteiger partial charge in [-0.15, -0.1) is 0 Å². The zero-order valence-corrected chi connectivity index (χ0v) is 9.16. The molecule has 0 amide bonds. The van der Waals surface area contributed by atoms with Crippen LogP contribution in [-0.2, 0) is 0 Å². The van der Waals surface area contributed by atoms with Crippen LogP contribution in [0, 0.1) is 0 Å². The van der Waals surface area contributed by atoms with Gasteiger partial charge in [0.15, 0.2) is 0 Å². The summed E-state index contributed by atoms with van der Waals surface area (Å²) in [6.45, 7) is 0.650. The van der Waals surface area contributed by atoms with Gasteiger partial charge in [-0.1, -0.05) is 21.1 Å². The first-order valence-electron chi connectivity index (χ1n) is 4.18. The maximum Gasteiger partial charge on any atom is 0.140 e. The molecule has 0 heterocycles. The van der Waals surface area contributed by atoms with Crippen molar-refractivity contribution in [3.63, 3.8) is 0 Å². The highest BCUT2D eigenvalue weighted by molar-refractivity contribution is 9.10. The Hall–Kier alpha value is -1.23. The second kappa shape index (κ2) is 5.49. The standard InChI is InChI=1S/C9H12BrN3O/c10-7-1-3-8(4-2-7)12-6-5-9(11)13-14/h1-4,12,14H,5-6H2,(H2,11,13). The Morgan fingerprint density at radius 3 is 2.64 bits per heavy atom. The summed E-state index contributed by atoms with van der Waals surface area (Å²) in [7, 11) is 0. The van der Waals surface area contributed by atoms with E-state index in [-0.39, 0.29) is 5.84 Å². The Bertz CT molecular complexity index is 310. The molecule has 0 aliphatic rings. The van der Waals surface area contributed by atoms with Crippen molar-refractivity contribution in [1.29, 1.82) is 0 Å². The van der Waals surface area contributed by atoms with Crippen molar-refractivity contribution in [2.75, 3.05) is 11.9 Å². The molecule has 0 fully saturated rings. The Labute approximate surface area is 90.9 Å². The highest BCUT2D eigenvalue weighted by atomic mass is 79.9. The minimum Gasteiger partial charge on any atom is -0.409 e. The van der Waals surface area contributed by atoms with Crippen LogP contribution in [0.2, 0.25) is 0 Å². The van der Waals surface area contributed by atoms with Crippen LogP contribution >= 0.6 is 15.9 Å². The van der Waals surface area contributed by atoms with E-state index in [1.807, 2.05) is 24.3 Å². The van der Waals surface area contributed by atoms with Crippen molar-refractivity contribution >= 4 is 27.5 Å². The fourth-order valence-corrected chi connectivity index (χ4v) is 1.22. The molecule has 1 aromatic carbocycles. The molecule has 0 aliphatic carbocycles.